The number of rotatable bonds is 7. The van der Waals surface area contributed by atoms with Gasteiger partial charge in [-0.1, -0.05) is 60.2 Å². The van der Waals surface area contributed by atoms with Gasteiger partial charge >= 0.3 is 5.97 Å². The smallest absolute Gasteiger partial charge is 0.304 e. The normalized spacial score (nSPS) is 11.8. The summed E-state index contributed by atoms with van der Waals surface area (Å²) in [4.78, 5) is 11.6. The van der Waals surface area contributed by atoms with Crippen LogP contribution in [0.25, 0.3) is 16.9 Å². The predicted octanol–water partition coefficient (Wildman–Crippen LogP) is 5.46. The molecule has 5 nitrogen and oxygen atoms in total. The number of methoxy groups -OCH3 is 1. The summed E-state index contributed by atoms with van der Waals surface area (Å²) < 4.78 is 7.16. The molecule has 4 aromatic rings. The number of carbonyl (C=O) groups is 1. The van der Waals surface area contributed by atoms with Crippen molar-refractivity contribution >= 4 is 5.97 Å². The lowest BCUT2D eigenvalue weighted by atomic mass is 9.92. The van der Waals surface area contributed by atoms with Crippen LogP contribution in [-0.4, -0.2) is 28.0 Å². The van der Waals surface area contributed by atoms with E-state index in [1.165, 1.54) is 5.56 Å². The zero-order valence-electron chi connectivity index (χ0n) is 17.5. The Morgan fingerprint density at radius 2 is 1.68 bits per heavy atom. The monoisotopic (exact) mass is 412 g/mol. The molecule has 0 saturated heterocycles. The summed E-state index contributed by atoms with van der Waals surface area (Å²) >= 11 is 0. The van der Waals surface area contributed by atoms with Crippen molar-refractivity contribution in [3.05, 3.63) is 102 Å². The van der Waals surface area contributed by atoms with Crippen LogP contribution in [0.5, 0.6) is 5.75 Å². The molecule has 0 spiro atoms. The van der Waals surface area contributed by atoms with E-state index in [4.69, 9.17) is 9.84 Å². The third-order valence-electron chi connectivity index (χ3n) is 5.33. The number of hydrogen-bond acceptors (Lipinski definition) is 3. The summed E-state index contributed by atoms with van der Waals surface area (Å²) in [7, 11) is 1.63. The van der Waals surface area contributed by atoms with E-state index in [1.807, 2.05) is 72.3 Å². The molecule has 5 heteroatoms. The van der Waals surface area contributed by atoms with Gasteiger partial charge in [-0.05, 0) is 42.8 Å². The van der Waals surface area contributed by atoms with Crippen molar-refractivity contribution in [2.24, 2.45) is 0 Å². The molecule has 1 N–H and O–H groups in total. The van der Waals surface area contributed by atoms with Crippen molar-refractivity contribution in [3.8, 4) is 22.7 Å². The zero-order valence-corrected chi connectivity index (χ0v) is 17.5. The van der Waals surface area contributed by atoms with Gasteiger partial charge in [-0.3, -0.25) is 4.79 Å². The van der Waals surface area contributed by atoms with Gasteiger partial charge in [0.15, 0.2) is 0 Å². The molecule has 31 heavy (non-hydrogen) atoms. The Bertz CT molecular complexity index is 1160. The third-order valence-corrected chi connectivity index (χ3v) is 5.33. The number of carboxylic acid groups (broad SMARTS) is 1. The first-order valence-electron chi connectivity index (χ1n) is 10.1. The van der Waals surface area contributed by atoms with E-state index in [0.29, 0.717) is 0 Å². The number of aromatic nitrogens is 2. The van der Waals surface area contributed by atoms with Gasteiger partial charge in [-0.2, -0.15) is 5.10 Å². The third kappa shape index (κ3) is 4.51. The highest BCUT2D eigenvalue weighted by atomic mass is 16.5. The molecule has 0 aliphatic rings. The number of aryl methyl sites for hydroxylation is 1. The zero-order chi connectivity index (χ0) is 21.8. The summed E-state index contributed by atoms with van der Waals surface area (Å²) in [5, 5.41) is 14.4. The fourth-order valence-electron chi connectivity index (χ4n) is 3.67. The molecule has 0 amide bonds. The van der Waals surface area contributed by atoms with Crippen LogP contribution >= 0.6 is 0 Å². The SMILES string of the molecule is COc1ccc(-n2nc(C(CC(=O)O)c3ccccc3)cc2-c2ccc(C)cc2)cc1. The predicted molar refractivity (Wildman–Crippen MR) is 121 cm³/mol. The van der Waals surface area contributed by atoms with Crippen molar-refractivity contribution in [2.45, 2.75) is 19.3 Å². The second-order valence-electron chi connectivity index (χ2n) is 7.49. The van der Waals surface area contributed by atoms with Crippen LogP contribution < -0.4 is 4.74 Å². The average Bonchev–Trinajstić information content (AvgIpc) is 3.23. The highest BCUT2D eigenvalue weighted by Gasteiger charge is 2.23. The molecule has 1 unspecified atom stereocenters. The molecule has 1 atom stereocenters. The van der Waals surface area contributed by atoms with Gasteiger partial charge in [-0.25, -0.2) is 4.68 Å². The summed E-state index contributed by atoms with van der Waals surface area (Å²) in [5.74, 6) is -0.437. The van der Waals surface area contributed by atoms with E-state index in [2.05, 4.69) is 24.3 Å². The Morgan fingerprint density at radius 3 is 2.29 bits per heavy atom. The lowest BCUT2D eigenvalue weighted by Crippen LogP contribution is -2.09. The minimum absolute atomic E-state index is 0.0308. The Morgan fingerprint density at radius 1 is 1.00 bits per heavy atom. The van der Waals surface area contributed by atoms with E-state index < -0.39 is 5.97 Å². The maximum absolute atomic E-state index is 11.6. The van der Waals surface area contributed by atoms with Crippen LogP contribution in [0.4, 0.5) is 0 Å². The Labute approximate surface area is 181 Å². The van der Waals surface area contributed by atoms with Crippen molar-refractivity contribution in [1.29, 1.82) is 0 Å². The minimum atomic E-state index is -0.857. The lowest BCUT2D eigenvalue weighted by Gasteiger charge is -2.13. The first kappa shape index (κ1) is 20.4. The fourth-order valence-corrected chi connectivity index (χ4v) is 3.67. The number of carboxylic acids is 1. The number of benzene rings is 3. The van der Waals surface area contributed by atoms with Gasteiger partial charge < -0.3 is 9.84 Å². The summed E-state index contributed by atoms with van der Waals surface area (Å²) in [6.07, 6.45) is -0.0308. The van der Waals surface area contributed by atoms with Crippen LogP contribution in [0.15, 0.2) is 84.9 Å². The van der Waals surface area contributed by atoms with Crippen molar-refractivity contribution in [3.63, 3.8) is 0 Å². The highest BCUT2D eigenvalue weighted by molar-refractivity contribution is 5.70. The standard InChI is InChI=1S/C26H24N2O3/c1-18-8-10-20(11-9-18)25-17-24(23(16-26(29)30)19-6-4-3-5-7-19)27-28(25)21-12-14-22(31-2)15-13-21/h3-15,17,23H,16H2,1-2H3,(H,29,30). The van der Waals surface area contributed by atoms with Crippen LogP contribution in [0.1, 0.15) is 29.2 Å². The largest absolute Gasteiger partial charge is 0.497 e. The highest BCUT2D eigenvalue weighted by Crippen LogP contribution is 2.32. The van der Waals surface area contributed by atoms with E-state index >= 15 is 0 Å². The molecule has 0 fully saturated rings. The molecule has 1 heterocycles. The fraction of sp³-hybridized carbons (Fsp3) is 0.154. The number of hydrogen-bond donors (Lipinski definition) is 1. The molecule has 3 aromatic carbocycles. The van der Waals surface area contributed by atoms with Crippen LogP contribution in [0, 0.1) is 6.92 Å². The van der Waals surface area contributed by atoms with Gasteiger partial charge in [0.05, 0.1) is 30.6 Å². The van der Waals surface area contributed by atoms with Crippen LogP contribution in [0.3, 0.4) is 0 Å². The molecular formula is C26H24N2O3. The number of nitrogens with zero attached hydrogens (tertiary/aromatic N) is 2. The Kier molecular flexibility index (Phi) is 5.85. The second-order valence-corrected chi connectivity index (χ2v) is 7.49. The molecule has 0 aliphatic carbocycles. The molecule has 156 valence electrons. The second kappa shape index (κ2) is 8.88. The molecule has 0 aliphatic heterocycles. The first-order valence-corrected chi connectivity index (χ1v) is 10.1. The Hall–Kier alpha value is -3.86. The van der Waals surface area contributed by atoms with Gasteiger partial charge in [0.2, 0.25) is 0 Å². The summed E-state index contributed by atoms with van der Waals surface area (Å²) in [6, 6.07) is 27.6. The molecule has 0 bridgehead atoms. The molecular weight excluding hydrogens is 388 g/mol. The summed E-state index contributed by atoms with van der Waals surface area (Å²) in [6.45, 7) is 2.05. The topological polar surface area (TPSA) is 64.4 Å². The number of ether oxygens (including phenoxy) is 1. The van der Waals surface area contributed by atoms with Crippen LogP contribution in [-0.2, 0) is 4.79 Å². The quantitative estimate of drug-likeness (QED) is 0.438. The molecule has 4 rings (SSSR count). The van der Waals surface area contributed by atoms with Gasteiger partial charge in [0.1, 0.15) is 5.75 Å². The van der Waals surface area contributed by atoms with Gasteiger partial charge in [0, 0.05) is 11.5 Å². The van der Waals surface area contributed by atoms with Crippen molar-refractivity contribution < 1.29 is 14.6 Å². The van der Waals surface area contributed by atoms with E-state index in [9.17, 15) is 9.90 Å². The first-order chi connectivity index (χ1) is 15.0. The molecule has 0 radical (unpaired) electrons. The van der Waals surface area contributed by atoms with E-state index in [1.54, 1.807) is 7.11 Å². The summed E-state index contributed by atoms with van der Waals surface area (Å²) in [5.41, 5.74) is 5.63. The van der Waals surface area contributed by atoms with Gasteiger partial charge in [0.25, 0.3) is 0 Å². The number of aliphatic carboxylic acids is 1. The maximum Gasteiger partial charge on any atom is 0.304 e. The van der Waals surface area contributed by atoms with Crippen LogP contribution in [0.2, 0.25) is 0 Å². The molecule has 0 saturated carbocycles. The Balaban J connectivity index is 1.86. The average molecular weight is 412 g/mol. The maximum atomic E-state index is 11.6. The van der Waals surface area contributed by atoms with E-state index in [0.717, 1.165) is 34.0 Å². The molecule has 1 aromatic heterocycles. The van der Waals surface area contributed by atoms with Crippen molar-refractivity contribution in [2.75, 3.05) is 7.11 Å². The lowest BCUT2D eigenvalue weighted by molar-refractivity contribution is -0.137. The minimum Gasteiger partial charge on any atom is -0.497 e. The van der Waals surface area contributed by atoms with Crippen molar-refractivity contribution in [1.82, 2.24) is 9.78 Å². The van der Waals surface area contributed by atoms with E-state index in [-0.39, 0.29) is 12.3 Å². The van der Waals surface area contributed by atoms with Gasteiger partial charge in [-0.15, -0.1) is 0 Å².